The molecule has 1 aliphatic heterocycles. The van der Waals surface area contributed by atoms with Crippen LogP contribution in [0.4, 0.5) is 5.69 Å². The number of ether oxygens (including phenoxy) is 2. The van der Waals surface area contributed by atoms with Crippen molar-refractivity contribution in [1.29, 1.82) is 0 Å². The summed E-state index contributed by atoms with van der Waals surface area (Å²) in [5.74, 6) is 0.767. The van der Waals surface area contributed by atoms with Crippen LogP contribution in [-0.2, 0) is 9.59 Å². The number of benzene rings is 2. The van der Waals surface area contributed by atoms with Crippen molar-refractivity contribution in [2.45, 2.75) is 12.5 Å². The van der Waals surface area contributed by atoms with Crippen LogP contribution in [0.5, 0.6) is 11.5 Å². The highest BCUT2D eigenvalue weighted by molar-refractivity contribution is 6.07. The number of hydrogen-bond acceptors (Lipinski definition) is 7. The van der Waals surface area contributed by atoms with E-state index in [9.17, 15) is 9.59 Å². The maximum atomic E-state index is 12.2. The molecule has 2 amide bonds. The first-order valence-electron chi connectivity index (χ1n) is 8.83. The van der Waals surface area contributed by atoms with Crippen molar-refractivity contribution >= 4 is 29.7 Å². The minimum absolute atomic E-state index is 0.0928. The van der Waals surface area contributed by atoms with Gasteiger partial charge in [0.2, 0.25) is 11.9 Å². The van der Waals surface area contributed by atoms with Crippen molar-refractivity contribution in [3.63, 3.8) is 0 Å². The second-order valence-corrected chi connectivity index (χ2v) is 6.08. The Hall–Kier alpha value is -3.88. The van der Waals surface area contributed by atoms with E-state index in [1.807, 2.05) is 24.3 Å². The predicted octanol–water partition coefficient (Wildman–Crippen LogP) is 1.51. The van der Waals surface area contributed by atoms with Crippen LogP contribution < -0.4 is 25.5 Å². The van der Waals surface area contributed by atoms with Gasteiger partial charge in [-0.05, 0) is 24.3 Å². The smallest absolute Gasteiger partial charge is 0.252 e. The van der Waals surface area contributed by atoms with E-state index in [2.05, 4.69) is 26.2 Å². The number of nitrogens with one attached hydrogen (secondary N) is 3. The van der Waals surface area contributed by atoms with Crippen molar-refractivity contribution in [3.05, 3.63) is 54.1 Å². The molecule has 0 saturated heterocycles. The molecule has 0 unspecified atom stereocenters. The average Bonchev–Trinajstić information content (AvgIpc) is 3.07. The Morgan fingerprint density at radius 2 is 2.03 bits per heavy atom. The van der Waals surface area contributed by atoms with Crippen molar-refractivity contribution < 1.29 is 19.1 Å². The number of anilines is 1. The Morgan fingerprint density at radius 1 is 1.21 bits per heavy atom. The molecule has 1 atom stereocenters. The predicted molar refractivity (Wildman–Crippen MR) is 109 cm³/mol. The highest BCUT2D eigenvalue weighted by Crippen LogP contribution is 2.17. The van der Waals surface area contributed by atoms with E-state index < -0.39 is 6.04 Å². The Labute approximate surface area is 167 Å². The lowest BCUT2D eigenvalue weighted by atomic mass is 10.2. The molecule has 2 aromatic carbocycles. The number of amides is 2. The quantitative estimate of drug-likeness (QED) is 0.486. The van der Waals surface area contributed by atoms with Gasteiger partial charge in [-0.25, -0.2) is 10.4 Å². The molecule has 0 bridgehead atoms. The van der Waals surface area contributed by atoms with Crippen molar-refractivity contribution in [3.8, 4) is 11.5 Å². The third-order valence-electron chi connectivity index (χ3n) is 4.07. The molecular weight excluding hydrogens is 374 g/mol. The monoisotopic (exact) mass is 395 g/mol. The van der Waals surface area contributed by atoms with Gasteiger partial charge in [0.1, 0.15) is 17.5 Å². The summed E-state index contributed by atoms with van der Waals surface area (Å²) < 4.78 is 10.4. The molecule has 2 aromatic rings. The Bertz CT molecular complexity index is 957. The third kappa shape index (κ3) is 5.32. The first-order chi connectivity index (χ1) is 14.1. The number of carbonyl (C=O) groups excluding carboxylic acids is 2. The molecule has 9 nitrogen and oxygen atoms in total. The van der Waals surface area contributed by atoms with Crippen LogP contribution in [-0.4, -0.2) is 44.2 Å². The molecule has 1 heterocycles. The number of methoxy groups -OCH3 is 2. The van der Waals surface area contributed by atoms with Crippen LogP contribution in [0.15, 0.2) is 58.6 Å². The number of guanidine groups is 1. The number of para-hydroxylation sites is 1. The van der Waals surface area contributed by atoms with E-state index in [1.165, 1.54) is 0 Å². The molecular formula is C20H21N5O4. The van der Waals surface area contributed by atoms with E-state index in [0.717, 1.165) is 5.56 Å². The fourth-order valence-electron chi connectivity index (χ4n) is 2.67. The van der Waals surface area contributed by atoms with Gasteiger partial charge in [-0.1, -0.05) is 18.2 Å². The Kier molecular flexibility index (Phi) is 6.41. The van der Waals surface area contributed by atoms with Crippen LogP contribution in [0.3, 0.4) is 0 Å². The fourth-order valence-corrected chi connectivity index (χ4v) is 2.67. The first-order valence-corrected chi connectivity index (χ1v) is 8.83. The lowest BCUT2D eigenvalue weighted by Crippen LogP contribution is -2.35. The summed E-state index contributed by atoms with van der Waals surface area (Å²) in [6.07, 6.45) is 1.46. The lowest BCUT2D eigenvalue weighted by Gasteiger charge is -2.08. The van der Waals surface area contributed by atoms with Crippen molar-refractivity contribution in [2.24, 2.45) is 10.1 Å². The van der Waals surface area contributed by atoms with E-state index in [-0.39, 0.29) is 24.2 Å². The minimum atomic E-state index is -0.829. The maximum Gasteiger partial charge on any atom is 0.252 e. The number of hydrazone groups is 1. The largest absolute Gasteiger partial charge is 0.497 e. The highest BCUT2D eigenvalue weighted by atomic mass is 16.5. The van der Waals surface area contributed by atoms with E-state index in [4.69, 9.17) is 9.47 Å². The van der Waals surface area contributed by atoms with Gasteiger partial charge in [0.25, 0.3) is 5.91 Å². The zero-order valence-electron chi connectivity index (χ0n) is 16.0. The molecule has 150 valence electrons. The average molecular weight is 395 g/mol. The molecule has 29 heavy (non-hydrogen) atoms. The molecule has 0 aromatic heterocycles. The summed E-state index contributed by atoms with van der Waals surface area (Å²) >= 11 is 0. The second kappa shape index (κ2) is 9.36. The maximum absolute atomic E-state index is 12.2. The van der Waals surface area contributed by atoms with Gasteiger partial charge in [-0.2, -0.15) is 5.10 Å². The lowest BCUT2D eigenvalue weighted by molar-refractivity contribution is -0.123. The minimum Gasteiger partial charge on any atom is -0.497 e. The summed E-state index contributed by atoms with van der Waals surface area (Å²) in [6.45, 7) is 0. The summed E-state index contributed by atoms with van der Waals surface area (Å²) in [5.41, 5.74) is 4.01. The SMILES string of the molecule is COc1cccc(NC(=O)C[C@H]2N=C(N/N=C\c3ccccc3OC)NC2=O)c1. The van der Waals surface area contributed by atoms with Gasteiger partial charge in [0, 0.05) is 17.3 Å². The molecule has 0 fully saturated rings. The summed E-state index contributed by atoms with van der Waals surface area (Å²) in [7, 11) is 3.12. The first kappa shape index (κ1) is 19.9. The fraction of sp³-hybridized carbons (Fsp3) is 0.200. The number of aliphatic imine (C=N–C) groups is 1. The standard InChI is InChI=1S/C20H21N5O4/c1-28-15-8-5-7-14(10-15)22-18(26)11-16-19(27)24-20(23-16)25-21-12-13-6-3-4-9-17(13)29-2/h3-10,12,16H,11H2,1-2H3,(H,22,26)(H2,23,24,25,27)/b21-12-/t16-/m1/s1. The highest BCUT2D eigenvalue weighted by Gasteiger charge is 2.28. The van der Waals surface area contributed by atoms with Gasteiger partial charge in [0.15, 0.2) is 0 Å². The zero-order valence-corrected chi connectivity index (χ0v) is 16.0. The zero-order chi connectivity index (χ0) is 20.6. The summed E-state index contributed by atoms with van der Waals surface area (Å²) in [6, 6.07) is 13.5. The second-order valence-electron chi connectivity index (χ2n) is 6.08. The van der Waals surface area contributed by atoms with Gasteiger partial charge in [0.05, 0.1) is 26.9 Å². The van der Waals surface area contributed by atoms with Crippen LogP contribution in [0, 0.1) is 0 Å². The number of rotatable bonds is 7. The normalized spacial score (nSPS) is 15.6. The topological polar surface area (TPSA) is 113 Å². The van der Waals surface area contributed by atoms with E-state index in [0.29, 0.717) is 17.2 Å². The molecule has 3 rings (SSSR count). The Balaban J connectivity index is 1.56. The summed E-state index contributed by atoms with van der Waals surface area (Å²) in [5, 5.41) is 9.34. The van der Waals surface area contributed by atoms with Gasteiger partial charge >= 0.3 is 0 Å². The van der Waals surface area contributed by atoms with E-state index in [1.54, 1.807) is 44.7 Å². The molecule has 0 aliphatic carbocycles. The number of nitrogens with zero attached hydrogens (tertiary/aromatic N) is 2. The van der Waals surface area contributed by atoms with Crippen LogP contribution in [0.1, 0.15) is 12.0 Å². The van der Waals surface area contributed by atoms with Gasteiger partial charge in [-0.3, -0.25) is 14.9 Å². The van der Waals surface area contributed by atoms with Crippen LogP contribution in [0.25, 0.3) is 0 Å². The molecule has 3 N–H and O–H groups in total. The molecule has 0 spiro atoms. The van der Waals surface area contributed by atoms with Crippen LogP contribution in [0.2, 0.25) is 0 Å². The molecule has 9 heteroatoms. The molecule has 1 aliphatic rings. The number of carbonyl (C=O) groups is 2. The molecule has 0 saturated carbocycles. The Morgan fingerprint density at radius 3 is 2.83 bits per heavy atom. The van der Waals surface area contributed by atoms with E-state index >= 15 is 0 Å². The van der Waals surface area contributed by atoms with Crippen molar-refractivity contribution in [2.75, 3.05) is 19.5 Å². The van der Waals surface area contributed by atoms with Crippen molar-refractivity contribution in [1.82, 2.24) is 10.7 Å². The number of hydrogen-bond donors (Lipinski definition) is 3. The van der Waals surface area contributed by atoms with Crippen LogP contribution >= 0.6 is 0 Å². The molecule has 0 radical (unpaired) electrons. The van der Waals surface area contributed by atoms with Gasteiger partial charge in [-0.15, -0.1) is 0 Å². The van der Waals surface area contributed by atoms with Gasteiger partial charge < -0.3 is 14.8 Å². The summed E-state index contributed by atoms with van der Waals surface area (Å²) in [4.78, 5) is 28.5. The third-order valence-corrected chi connectivity index (χ3v) is 4.07.